The van der Waals surface area contributed by atoms with Crippen molar-refractivity contribution in [1.82, 2.24) is 20.2 Å². The van der Waals surface area contributed by atoms with Crippen molar-refractivity contribution in [3.8, 4) is 0 Å². The van der Waals surface area contributed by atoms with Gasteiger partial charge in [-0.15, -0.1) is 0 Å². The number of aromatic nitrogens is 2. The highest BCUT2D eigenvalue weighted by atomic mass is 16.2. The average molecular weight is 393 g/mol. The molecule has 3 heterocycles. The Labute approximate surface area is 171 Å². The Bertz CT molecular complexity index is 867. The van der Waals surface area contributed by atoms with Gasteiger partial charge in [0.1, 0.15) is 17.8 Å². The van der Waals surface area contributed by atoms with Crippen LogP contribution in [0.15, 0.2) is 42.7 Å². The fourth-order valence-corrected chi connectivity index (χ4v) is 4.19. The van der Waals surface area contributed by atoms with Crippen LogP contribution in [0.25, 0.3) is 0 Å². The van der Waals surface area contributed by atoms with Gasteiger partial charge < -0.3 is 15.1 Å². The van der Waals surface area contributed by atoms with Gasteiger partial charge in [-0.05, 0) is 37.3 Å². The molecule has 2 aliphatic heterocycles. The van der Waals surface area contributed by atoms with Crippen LogP contribution in [0, 0.1) is 5.92 Å². The van der Waals surface area contributed by atoms with Crippen LogP contribution in [0.3, 0.4) is 0 Å². The second-order valence-electron chi connectivity index (χ2n) is 7.86. The largest absolute Gasteiger partial charge is 0.357 e. The molecule has 1 aromatic heterocycles. The lowest BCUT2D eigenvalue weighted by Crippen LogP contribution is -2.45. The standard InChI is InChI=1S/C22H27N5O2/c1-16-9-12-27(19(16)14-23-21(28)17-7-3-2-4-8-17)22(29)18-13-20(25-15-24-18)26-10-5-6-11-26/h2-4,7-8,13,15-16,19H,5-6,9-12,14H2,1H3,(H,23,28). The molecule has 2 aliphatic rings. The second kappa shape index (κ2) is 8.59. The van der Waals surface area contributed by atoms with Crippen molar-refractivity contribution in [3.05, 3.63) is 54.0 Å². The van der Waals surface area contributed by atoms with Crippen molar-refractivity contribution in [2.75, 3.05) is 31.1 Å². The van der Waals surface area contributed by atoms with Gasteiger partial charge in [0.05, 0.1) is 6.04 Å². The molecule has 7 nitrogen and oxygen atoms in total. The molecular weight excluding hydrogens is 366 g/mol. The van der Waals surface area contributed by atoms with Crippen LogP contribution in [0.1, 0.15) is 47.0 Å². The van der Waals surface area contributed by atoms with Crippen molar-refractivity contribution < 1.29 is 9.59 Å². The predicted molar refractivity (Wildman–Crippen MR) is 111 cm³/mol. The summed E-state index contributed by atoms with van der Waals surface area (Å²) in [6.07, 6.45) is 4.70. The van der Waals surface area contributed by atoms with Gasteiger partial charge in [0.15, 0.2) is 0 Å². The van der Waals surface area contributed by atoms with Crippen molar-refractivity contribution in [2.24, 2.45) is 5.92 Å². The average Bonchev–Trinajstić information content (AvgIpc) is 3.42. The minimum absolute atomic E-state index is 0.0413. The Morgan fingerprint density at radius 2 is 1.86 bits per heavy atom. The number of benzene rings is 1. The number of rotatable bonds is 5. The van der Waals surface area contributed by atoms with Crippen molar-refractivity contribution in [2.45, 2.75) is 32.2 Å². The maximum Gasteiger partial charge on any atom is 0.272 e. The molecule has 2 atom stereocenters. The van der Waals surface area contributed by atoms with Crippen LogP contribution >= 0.6 is 0 Å². The molecule has 0 aliphatic carbocycles. The van der Waals surface area contributed by atoms with E-state index in [4.69, 9.17) is 0 Å². The molecule has 2 fully saturated rings. The number of amides is 2. The summed E-state index contributed by atoms with van der Waals surface area (Å²) in [6, 6.07) is 10.9. The molecule has 4 rings (SSSR count). The van der Waals surface area contributed by atoms with Crippen molar-refractivity contribution in [1.29, 1.82) is 0 Å². The molecule has 0 saturated carbocycles. The first-order valence-corrected chi connectivity index (χ1v) is 10.3. The van der Waals surface area contributed by atoms with Crippen molar-refractivity contribution in [3.63, 3.8) is 0 Å². The van der Waals surface area contributed by atoms with Gasteiger partial charge in [-0.2, -0.15) is 0 Å². The molecule has 0 radical (unpaired) electrons. The molecule has 2 saturated heterocycles. The van der Waals surface area contributed by atoms with E-state index in [2.05, 4.69) is 27.1 Å². The molecule has 2 amide bonds. The zero-order valence-electron chi connectivity index (χ0n) is 16.8. The minimum atomic E-state index is -0.115. The van der Waals surface area contributed by atoms with E-state index in [0.29, 0.717) is 30.3 Å². The zero-order chi connectivity index (χ0) is 20.2. The van der Waals surface area contributed by atoms with Gasteiger partial charge >= 0.3 is 0 Å². The van der Waals surface area contributed by atoms with E-state index >= 15 is 0 Å². The molecule has 1 aromatic carbocycles. The first kappa shape index (κ1) is 19.4. The number of anilines is 1. The summed E-state index contributed by atoms with van der Waals surface area (Å²) in [6.45, 7) is 5.18. The van der Waals surface area contributed by atoms with E-state index in [1.54, 1.807) is 18.2 Å². The number of carbonyl (C=O) groups is 2. The van der Waals surface area contributed by atoms with Gasteiger partial charge in [-0.25, -0.2) is 9.97 Å². The third-order valence-electron chi connectivity index (χ3n) is 5.95. The molecule has 0 spiro atoms. The third-order valence-corrected chi connectivity index (χ3v) is 5.95. The summed E-state index contributed by atoms with van der Waals surface area (Å²) in [4.78, 5) is 38.2. The summed E-state index contributed by atoms with van der Waals surface area (Å²) in [5.74, 6) is 0.934. The molecule has 2 unspecified atom stereocenters. The topological polar surface area (TPSA) is 78.4 Å². The van der Waals surface area contributed by atoms with E-state index in [0.717, 1.165) is 38.2 Å². The van der Waals surface area contributed by atoms with Crippen LogP contribution in [-0.4, -0.2) is 58.9 Å². The van der Waals surface area contributed by atoms with Gasteiger partial charge in [0, 0.05) is 37.8 Å². The first-order chi connectivity index (χ1) is 14.1. The van der Waals surface area contributed by atoms with E-state index in [9.17, 15) is 9.59 Å². The quantitative estimate of drug-likeness (QED) is 0.844. The van der Waals surface area contributed by atoms with Gasteiger partial charge in [0.2, 0.25) is 0 Å². The molecular formula is C22H27N5O2. The maximum absolute atomic E-state index is 13.2. The second-order valence-corrected chi connectivity index (χ2v) is 7.86. The van der Waals surface area contributed by atoms with E-state index < -0.39 is 0 Å². The number of carbonyl (C=O) groups excluding carboxylic acids is 2. The lowest BCUT2D eigenvalue weighted by Gasteiger charge is -2.27. The Hall–Kier alpha value is -2.96. The Morgan fingerprint density at radius 3 is 2.62 bits per heavy atom. The summed E-state index contributed by atoms with van der Waals surface area (Å²) in [7, 11) is 0. The van der Waals surface area contributed by atoms with Gasteiger partial charge in [-0.1, -0.05) is 25.1 Å². The summed E-state index contributed by atoms with van der Waals surface area (Å²) in [5.41, 5.74) is 1.05. The Morgan fingerprint density at radius 1 is 1.10 bits per heavy atom. The molecule has 7 heteroatoms. The first-order valence-electron chi connectivity index (χ1n) is 10.3. The molecule has 1 N–H and O–H groups in total. The lowest BCUT2D eigenvalue weighted by molar-refractivity contribution is 0.0703. The van der Waals surface area contributed by atoms with Crippen LogP contribution in [0.2, 0.25) is 0 Å². The van der Waals surface area contributed by atoms with E-state index in [-0.39, 0.29) is 17.9 Å². The number of likely N-dealkylation sites (tertiary alicyclic amines) is 1. The number of nitrogens with one attached hydrogen (secondary N) is 1. The highest BCUT2D eigenvalue weighted by Crippen LogP contribution is 2.26. The summed E-state index contributed by atoms with van der Waals surface area (Å²) in [5, 5.41) is 2.99. The van der Waals surface area contributed by atoms with Gasteiger partial charge in [-0.3, -0.25) is 9.59 Å². The summed E-state index contributed by atoms with van der Waals surface area (Å²) >= 11 is 0. The normalized spacial score (nSPS) is 21.4. The highest BCUT2D eigenvalue weighted by molar-refractivity contribution is 5.95. The SMILES string of the molecule is CC1CCN(C(=O)c2cc(N3CCCC3)ncn2)C1CNC(=O)c1ccccc1. The smallest absolute Gasteiger partial charge is 0.272 e. The lowest BCUT2D eigenvalue weighted by atomic mass is 10.0. The number of nitrogens with zero attached hydrogens (tertiary/aromatic N) is 4. The van der Waals surface area contributed by atoms with E-state index in [1.165, 1.54) is 6.33 Å². The minimum Gasteiger partial charge on any atom is -0.357 e. The Balaban J connectivity index is 1.44. The number of hydrogen-bond donors (Lipinski definition) is 1. The summed E-state index contributed by atoms with van der Waals surface area (Å²) < 4.78 is 0. The molecule has 152 valence electrons. The molecule has 2 aromatic rings. The van der Waals surface area contributed by atoms with Crippen LogP contribution in [0.5, 0.6) is 0 Å². The monoisotopic (exact) mass is 393 g/mol. The number of hydrogen-bond acceptors (Lipinski definition) is 5. The third kappa shape index (κ3) is 4.23. The molecule has 0 bridgehead atoms. The molecule has 29 heavy (non-hydrogen) atoms. The van der Waals surface area contributed by atoms with Crippen molar-refractivity contribution >= 4 is 17.6 Å². The van der Waals surface area contributed by atoms with Crippen LogP contribution in [0.4, 0.5) is 5.82 Å². The van der Waals surface area contributed by atoms with Crippen LogP contribution < -0.4 is 10.2 Å². The maximum atomic E-state index is 13.2. The fraction of sp³-hybridized carbons (Fsp3) is 0.455. The Kier molecular flexibility index (Phi) is 5.74. The van der Waals surface area contributed by atoms with E-state index in [1.807, 2.05) is 23.1 Å². The van der Waals surface area contributed by atoms with Gasteiger partial charge in [0.25, 0.3) is 11.8 Å². The van der Waals surface area contributed by atoms with Crippen LogP contribution in [-0.2, 0) is 0 Å². The predicted octanol–water partition coefficient (Wildman–Crippen LogP) is 2.36. The zero-order valence-corrected chi connectivity index (χ0v) is 16.8. The highest BCUT2D eigenvalue weighted by Gasteiger charge is 2.35. The fourth-order valence-electron chi connectivity index (χ4n) is 4.19.